The summed E-state index contributed by atoms with van der Waals surface area (Å²) >= 11 is 0. The first-order valence-corrected chi connectivity index (χ1v) is 6.02. The van der Waals surface area contributed by atoms with Crippen LogP contribution in [-0.4, -0.2) is 33.3 Å². The zero-order valence-corrected chi connectivity index (χ0v) is 10.6. The van der Waals surface area contributed by atoms with E-state index in [1.54, 1.807) is 0 Å². The van der Waals surface area contributed by atoms with Gasteiger partial charge in [0.1, 0.15) is 0 Å². The van der Waals surface area contributed by atoms with E-state index in [1.165, 1.54) is 5.56 Å². The van der Waals surface area contributed by atoms with Gasteiger partial charge in [-0.05, 0) is 32.8 Å². The minimum Gasteiger partial charge on any atom is -0.326 e. The predicted molar refractivity (Wildman–Crippen MR) is 65.1 cm³/mol. The molecule has 0 radical (unpaired) electrons. The molecule has 4 heteroatoms. The maximum atomic E-state index is 6.23. The summed E-state index contributed by atoms with van der Waals surface area (Å²) < 4.78 is 1.88. The van der Waals surface area contributed by atoms with Gasteiger partial charge in [-0.25, -0.2) is 0 Å². The standard InChI is InChI=1S/C12H22N4/c1-8(2)16-6-5-10(13)12(16)11-9(3)7-15(4)14-11/h7-8,10,12H,5-6,13H2,1-4H3/t10-,12-/m1/s1. The predicted octanol–water partition coefficient (Wildman–Crippen LogP) is 1.21. The van der Waals surface area contributed by atoms with Crippen LogP contribution in [0.5, 0.6) is 0 Å². The van der Waals surface area contributed by atoms with Crippen LogP contribution in [0.1, 0.15) is 37.6 Å². The fourth-order valence-electron chi connectivity index (χ4n) is 2.70. The molecule has 0 saturated carbocycles. The second kappa shape index (κ2) is 4.18. The Morgan fingerprint density at radius 3 is 2.69 bits per heavy atom. The highest BCUT2D eigenvalue weighted by Gasteiger charge is 2.36. The molecule has 1 saturated heterocycles. The van der Waals surface area contributed by atoms with E-state index in [0.29, 0.717) is 12.1 Å². The molecule has 90 valence electrons. The average Bonchev–Trinajstić information content (AvgIpc) is 2.69. The van der Waals surface area contributed by atoms with Crippen molar-refractivity contribution in [3.8, 4) is 0 Å². The van der Waals surface area contributed by atoms with Gasteiger partial charge in [0, 0.05) is 31.9 Å². The minimum atomic E-state index is 0.219. The molecule has 2 heterocycles. The lowest BCUT2D eigenvalue weighted by molar-refractivity contribution is 0.193. The maximum absolute atomic E-state index is 6.23. The van der Waals surface area contributed by atoms with Crippen LogP contribution in [0.2, 0.25) is 0 Å². The third-order valence-electron chi connectivity index (χ3n) is 3.48. The normalized spacial score (nSPS) is 26.9. The Balaban J connectivity index is 2.33. The Labute approximate surface area is 97.4 Å². The third kappa shape index (κ3) is 1.87. The van der Waals surface area contributed by atoms with Crippen LogP contribution in [0.3, 0.4) is 0 Å². The van der Waals surface area contributed by atoms with Gasteiger partial charge in [-0.2, -0.15) is 5.10 Å². The average molecular weight is 222 g/mol. The molecule has 0 amide bonds. The first-order chi connectivity index (χ1) is 7.50. The number of hydrogen-bond donors (Lipinski definition) is 1. The van der Waals surface area contributed by atoms with Gasteiger partial charge in [0.25, 0.3) is 0 Å². The van der Waals surface area contributed by atoms with Gasteiger partial charge in [-0.1, -0.05) is 0 Å². The Bertz CT molecular complexity index is 369. The zero-order chi connectivity index (χ0) is 11.9. The monoisotopic (exact) mass is 222 g/mol. The number of likely N-dealkylation sites (tertiary alicyclic amines) is 1. The molecule has 0 unspecified atom stereocenters. The first-order valence-electron chi connectivity index (χ1n) is 6.02. The van der Waals surface area contributed by atoms with E-state index in [1.807, 2.05) is 11.7 Å². The summed E-state index contributed by atoms with van der Waals surface area (Å²) in [6.45, 7) is 7.65. The summed E-state index contributed by atoms with van der Waals surface area (Å²) in [5, 5.41) is 4.57. The number of nitrogens with zero attached hydrogens (tertiary/aromatic N) is 3. The molecule has 2 rings (SSSR count). The van der Waals surface area contributed by atoms with E-state index in [9.17, 15) is 0 Å². The van der Waals surface area contributed by atoms with Crippen molar-refractivity contribution in [1.82, 2.24) is 14.7 Å². The van der Waals surface area contributed by atoms with Crippen LogP contribution < -0.4 is 5.73 Å². The summed E-state index contributed by atoms with van der Waals surface area (Å²) in [7, 11) is 1.97. The molecule has 0 aliphatic carbocycles. The lowest BCUT2D eigenvalue weighted by Gasteiger charge is -2.29. The van der Waals surface area contributed by atoms with Gasteiger partial charge in [0.2, 0.25) is 0 Å². The number of aryl methyl sites for hydroxylation is 2. The number of nitrogens with two attached hydrogens (primary N) is 1. The quantitative estimate of drug-likeness (QED) is 0.818. The van der Waals surface area contributed by atoms with E-state index in [-0.39, 0.29) is 6.04 Å². The van der Waals surface area contributed by atoms with Gasteiger partial charge in [0.15, 0.2) is 0 Å². The highest BCUT2D eigenvalue weighted by atomic mass is 15.3. The van der Waals surface area contributed by atoms with Gasteiger partial charge < -0.3 is 5.73 Å². The summed E-state index contributed by atoms with van der Waals surface area (Å²) in [4.78, 5) is 2.46. The molecule has 1 fully saturated rings. The Kier molecular flexibility index (Phi) is 3.04. The molecule has 1 aliphatic heterocycles. The molecule has 1 aromatic rings. The maximum Gasteiger partial charge on any atom is 0.0841 e. The van der Waals surface area contributed by atoms with E-state index < -0.39 is 0 Å². The number of rotatable bonds is 2. The van der Waals surface area contributed by atoms with Crippen molar-refractivity contribution >= 4 is 0 Å². The van der Waals surface area contributed by atoms with Gasteiger partial charge >= 0.3 is 0 Å². The van der Waals surface area contributed by atoms with E-state index in [4.69, 9.17) is 5.73 Å². The Morgan fingerprint density at radius 2 is 2.19 bits per heavy atom. The summed E-state index contributed by atoms with van der Waals surface area (Å²) in [6, 6.07) is 1.04. The second-order valence-corrected chi connectivity index (χ2v) is 5.10. The fourth-order valence-corrected chi connectivity index (χ4v) is 2.70. The van der Waals surface area contributed by atoms with Crippen molar-refractivity contribution in [2.24, 2.45) is 12.8 Å². The summed E-state index contributed by atoms with van der Waals surface area (Å²) in [5.74, 6) is 0. The van der Waals surface area contributed by atoms with Crippen molar-refractivity contribution in [2.45, 2.75) is 45.3 Å². The highest BCUT2D eigenvalue weighted by Crippen LogP contribution is 2.33. The molecule has 0 aromatic carbocycles. The zero-order valence-electron chi connectivity index (χ0n) is 10.6. The van der Waals surface area contributed by atoms with Crippen LogP contribution in [0.15, 0.2) is 6.20 Å². The van der Waals surface area contributed by atoms with Crippen molar-refractivity contribution in [2.75, 3.05) is 6.54 Å². The SMILES string of the molecule is Cc1cn(C)nc1[C@H]1[C@H](N)CCN1C(C)C. The lowest BCUT2D eigenvalue weighted by atomic mass is 10.0. The van der Waals surface area contributed by atoms with Crippen LogP contribution in [0, 0.1) is 6.92 Å². The molecule has 16 heavy (non-hydrogen) atoms. The number of hydrogen-bond acceptors (Lipinski definition) is 3. The molecule has 0 spiro atoms. The third-order valence-corrected chi connectivity index (χ3v) is 3.48. The smallest absolute Gasteiger partial charge is 0.0841 e. The molecule has 4 nitrogen and oxygen atoms in total. The van der Waals surface area contributed by atoms with Gasteiger partial charge in [-0.15, -0.1) is 0 Å². The Morgan fingerprint density at radius 1 is 1.50 bits per heavy atom. The molecular formula is C12H22N4. The van der Waals surface area contributed by atoms with Gasteiger partial charge in [0.05, 0.1) is 11.7 Å². The molecule has 0 bridgehead atoms. The fraction of sp³-hybridized carbons (Fsp3) is 0.750. The first kappa shape index (κ1) is 11.6. The topological polar surface area (TPSA) is 47.1 Å². The summed E-state index contributed by atoms with van der Waals surface area (Å²) in [6.07, 6.45) is 3.14. The van der Waals surface area contributed by atoms with Crippen molar-refractivity contribution in [3.63, 3.8) is 0 Å². The van der Waals surface area contributed by atoms with Crippen molar-refractivity contribution in [3.05, 3.63) is 17.5 Å². The highest BCUT2D eigenvalue weighted by molar-refractivity contribution is 5.22. The van der Waals surface area contributed by atoms with E-state index >= 15 is 0 Å². The van der Waals surface area contributed by atoms with E-state index in [2.05, 4.69) is 37.0 Å². The molecular weight excluding hydrogens is 200 g/mol. The molecule has 1 aliphatic rings. The molecule has 1 aromatic heterocycles. The largest absolute Gasteiger partial charge is 0.326 e. The van der Waals surface area contributed by atoms with Crippen LogP contribution in [0.25, 0.3) is 0 Å². The van der Waals surface area contributed by atoms with Crippen molar-refractivity contribution < 1.29 is 0 Å². The molecule has 2 atom stereocenters. The molecule has 2 N–H and O–H groups in total. The van der Waals surface area contributed by atoms with Crippen molar-refractivity contribution in [1.29, 1.82) is 0 Å². The van der Waals surface area contributed by atoms with Crippen LogP contribution in [0.4, 0.5) is 0 Å². The Hall–Kier alpha value is -0.870. The van der Waals surface area contributed by atoms with E-state index in [0.717, 1.165) is 18.7 Å². The summed E-state index contributed by atoms with van der Waals surface area (Å²) in [5.41, 5.74) is 8.63. The van der Waals surface area contributed by atoms with Crippen LogP contribution >= 0.6 is 0 Å². The van der Waals surface area contributed by atoms with Crippen LogP contribution in [-0.2, 0) is 7.05 Å². The van der Waals surface area contributed by atoms with Gasteiger partial charge in [-0.3, -0.25) is 9.58 Å². The lowest BCUT2D eigenvalue weighted by Crippen LogP contribution is -2.36. The second-order valence-electron chi connectivity index (χ2n) is 5.10. The number of aromatic nitrogens is 2. The minimum absolute atomic E-state index is 0.219.